The highest BCUT2D eigenvalue weighted by Gasteiger charge is 2.17. The summed E-state index contributed by atoms with van der Waals surface area (Å²) in [4.78, 5) is 25.8. The number of hydrogen-bond donors (Lipinski definition) is 2. The third-order valence-electron chi connectivity index (χ3n) is 6.56. The second-order valence-electron chi connectivity index (χ2n) is 9.25. The Morgan fingerprint density at radius 3 is 2.66 bits per heavy atom. The van der Waals surface area contributed by atoms with Crippen molar-refractivity contribution >= 4 is 34.5 Å². The van der Waals surface area contributed by atoms with Gasteiger partial charge in [-0.2, -0.15) is 4.98 Å². The van der Waals surface area contributed by atoms with Gasteiger partial charge in [0.25, 0.3) is 0 Å². The maximum absolute atomic E-state index is 11.7. The molecule has 3 aromatic rings. The number of likely N-dealkylation sites (N-methyl/N-ethyl adjacent to an activating group) is 1. The molecule has 2 aliphatic heterocycles. The molecule has 1 amide bonds. The lowest BCUT2D eigenvalue weighted by Gasteiger charge is -2.34. The van der Waals surface area contributed by atoms with E-state index in [1.807, 2.05) is 30.3 Å². The molecule has 9 nitrogen and oxygen atoms in total. The molecule has 1 saturated heterocycles. The molecule has 0 atom stereocenters. The molecular weight excluding hydrogens is 480 g/mol. The molecular formula is C29H32N6O3. The van der Waals surface area contributed by atoms with Gasteiger partial charge in [0.2, 0.25) is 17.7 Å². The second kappa shape index (κ2) is 11.9. The Labute approximate surface area is 222 Å². The van der Waals surface area contributed by atoms with E-state index in [-0.39, 0.29) is 5.91 Å². The molecule has 0 saturated carbocycles. The Hall–Kier alpha value is -4.21. The predicted octanol–water partition coefficient (Wildman–Crippen LogP) is 4.69. The lowest BCUT2D eigenvalue weighted by molar-refractivity contribution is -0.111. The lowest BCUT2D eigenvalue weighted by atomic mass is 10.0. The van der Waals surface area contributed by atoms with Crippen LogP contribution in [-0.2, 0) is 9.53 Å². The van der Waals surface area contributed by atoms with Crippen LogP contribution in [0.4, 0.5) is 23.0 Å². The third kappa shape index (κ3) is 6.37. The summed E-state index contributed by atoms with van der Waals surface area (Å²) >= 11 is 0. The van der Waals surface area contributed by atoms with Crippen molar-refractivity contribution in [1.29, 1.82) is 0 Å². The van der Waals surface area contributed by atoms with Crippen molar-refractivity contribution in [3.8, 4) is 11.6 Å². The average Bonchev–Trinajstić information content (AvgIpc) is 2.95. The quantitative estimate of drug-likeness (QED) is 0.420. The number of nitrogens with zero attached hydrogens (tertiary/aromatic N) is 4. The summed E-state index contributed by atoms with van der Waals surface area (Å²) in [5.74, 6) is 1.11. The lowest BCUT2D eigenvalue weighted by Crippen LogP contribution is -2.44. The first-order valence-corrected chi connectivity index (χ1v) is 12.7. The average molecular weight is 513 g/mol. The van der Waals surface area contributed by atoms with Crippen molar-refractivity contribution < 1.29 is 14.3 Å². The molecule has 0 radical (unpaired) electrons. The smallest absolute Gasteiger partial charge is 0.247 e. The summed E-state index contributed by atoms with van der Waals surface area (Å²) in [5, 5.41) is 6.06. The molecule has 5 rings (SSSR count). The first-order valence-electron chi connectivity index (χ1n) is 12.7. The van der Waals surface area contributed by atoms with E-state index in [0.29, 0.717) is 36.5 Å². The Morgan fingerprint density at radius 2 is 1.92 bits per heavy atom. The van der Waals surface area contributed by atoms with Crippen LogP contribution in [0.1, 0.15) is 12.0 Å². The van der Waals surface area contributed by atoms with Crippen molar-refractivity contribution in [3.63, 3.8) is 0 Å². The topological polar surface area (TPSA) is 91.8 Å². The van der Waals surface area contributed by atoms with E-state index in [2.05, 4.69) is 51.2 Å². The minimum Gasteiger partial charge on any atom is -0.438 e. The highest BCUT2D eigenvalue weighted by Crippen LogP contribution is 2.33. The van der Waals surface area contributed by atoms with Crippen LogP contribution in [0.25, 0.3) is 5.57 Å². The minimum atomic E-state index is -0.289. The Bertz CT molecular complexity index is 1320. The molecule has 196 valence electrons. The van der Waals surface area contributed by atoms with Crippen LogP contribution in [0, 0.1) is 0 Å². The molecule has 2 aromatic carbocycles. The maximum atomic E-state index is 11.7. The van der Waals surface area contributed by atoms with E-state index in [9.17, 15) is 4.79 Å². The van der Waals surface area contributed by atoms with Crippen LogP contribution in [0.3, 0.4) is 0 Å². The summed E-state index contributed by atoms with van der Waals surface area (Å²) in [6, 6.07) is 15.5. The Balaban J connectivity index is 1.37. The SMILES string of the molecule is C=CC(=O)Nc1cccc(Oc2nc(Nc3ccc(N4CCN(C)CC4)cc3)ncc2C2=CCOCC2)c1. The van der Waals surface area contributed by atoms with Gasteiger partial charge in [0, 0.05) is 55.5 Å². The number of carbonyl (C=O) groups excluding carboxylic acids is 1. The molecule has 0 unspecified atom stereocenters. The van der Waals surface area contributed by atoms with Crippen LogP contribution in [-0.4, -0.2) is 67.2 Å². The summed E-state index contributed by atoms with van der Waals surface area (Å²) in [5.41, 5.74) is 4.59. The number of ether oxygens (including phenoxy) is 2. The number of carbonyl (C=O) groups is 1. The van der Waals surface area contributed by atoms with Crippen LogP contribution in [0.5, 0.6) is 11.6 Å². The number of anilines is 4. The molecule has 2 N–H and O–H groups in total. The first kappa shape index (κ1) is 25.4. The minimum absolute atomic E-state index is 0.289. The monoisotopic (exact) mass is 512 g/mol. The van der Waals surface area contributed by atoms with Crippen molar-refractivity contribution in [2.75, 3.05) is 62.0 Å². The zero-order valence-electron chi connectivity index (χ0n) is 21.5. The van der Waals surface area contributed by atoms with Crippen LogP contribution >= 0.6 is 0 Å². The van der Waals surface area contributed by atoms with Crippen molar-refractivity contribution in [3.05, 3.63) is 79.0 Å². The van der Waals surface area contributed by atoms with Gasteiger partial charge in [0.05, 0.1) is 18.8 Å². The molecule has 0 bridgehead atoms. The molecule has 1 fully saturated rings. The standard InChI is InChI=1S/C29H32N6O3/c1-3-27(36)31-23-5-4-6-25(19-23)38-28-26(21-11-17-37-18-12-21)20-30-29(33-28)32-22-7-9-24(10-8-22)35-15-13-34(2)14-16-35/h3-11,19-20H,1,12-18H2,2H3,(H,31,36)(H,30,32,33). The van der Waals surface area contributed by atoms with Gasteiger partial charge in [-0.05, 0) is 61.5 Å². The number of hydrogen-bond acceptors (Lipinski definition) is 8. The predicted molar refractivity (Wildman–Crippen MR) is 150 cm³/mol. The molecule has 0 aliphatic carbocycles. The van der Waals surface area contributed by atoms with Gasteiger partial charge in [-0.1, -0.05) is 18.7 Å². The molecule has 38 heavy (non-hydrogen) atoms. The summed E-state index contributed by atoms with van der Waals surface area (Å²) < 4.78 is 11.7. The van der Waals surface area contributed by atoms with Crippen molar-refractivity contribution in [2.24, 2.45) is 0 Å². The highest BCUT2D eigenvalue weighted by molar-refractivity contribution is 5.98. The van der Waals surface area contributed by atoms with E-state index in [1.165, 1.54) is 11.8 Å². The molecule has 0 spiro atoms. The zero-order valence-corrected chi connectivity index (χ0v) is 21.5. The van der Waals surface area contributed by atoms with Gasteiger partial charge in [0.15, 0.2) is 0 Å². The van der Waals surface area contributed by atoms with Crippen LogP contribution in [0.2, 0.25) is 0 Å². The summed E-state index contributed by atoms with van der Waals surface area (Å²) in [6.45, 7) is 8.84. The number of nitrogens with one attached hydrogen (secondary N) is 2. The molecule has 3 heterocycles. The number of amides is 1. The maximum Gasteiger partial charge on any atom is 0.247 e. The Kier molecular flexibility index (Phi) is 7.96. The fourth-order valence-electron chi connectivity index (χ4n) is 4.39. The van der Waals surface area contributed by atoms with E-state index in [1.54, 1.807) is 18.3 Å². The number of piperazine rings is 1. The van der Waals surface area contributed by atoms with E-state index in [4.69, 9.17) is 14.5 Å². The van der Waals surface area contributed by atoms with Gasteiger partial charge in [-0.15, -0.1) is 0 Å². The molecule has 2 aliphatic rings. The van der Waals surface area contributed by atoms with Crippen LogP contribution in [0.15, 0.2) is 73.5 Å². The van der Waals surface area contributed by atoms with E-state index in [0.717, 1.165) is 49.4 Å². The van der Waals surface area contributed by atoms with Gasteiger partial charge in [0.1, 0.15) is 5.75 Å². The number of benzene rings is 2. The Morgan fingerprint density at radius 1 is 1.11 bits per heavy atom. The molecule has 9 heteroatoms. The largest absolute Gasteiger partial charge is 0.438 e. The molecule has 1 aromatic heterocycles. The van der Waals surface area contributed by atoms with Gasteiger partial charge in [-0.3, -0.25) is 4.79 Å². The van der Waals surface area contributed by atoms with E-state index >= 15 is 0 Å². The van der Waals surface area contributed by atoms with Gasteiger partial charge in [-0.25, -0.2) is 4.98 Å². The van der Waals surface area contributed by atoms with E-state index < -0.39 is 0 Å². The highest BCUT2D eigenvalue weighted by atomic mass is 16.5. The van der Waals surface area contributed by atoms with Gasteiger partial charge >= 0.3 is 0 Å². The van der Waals surface area contributed by atoms with Gasteiger partial charge < -0.3 is 29.9 Å². The summed E-state index contributed by atoms with van der Waals surface area (Å²) in [7, 11) is 2.16. The third-order valence-corrected chi connectivity index (χ3v) is 6.56. The summed E-state index contributed by atoms with van der Waals surface area (Å²) in [6.07, 6.45) is 5.78. The van der Waals surface area contributed by atoms with Crippen LogP contribution < -0.4 is 20.3 Å². The fourth-order valence-corrected chi connectivity index (χ4v) is 4.39. The second-order valence-corrected chi connectivity index (χ2v) is 9.25. The fraction of sp³-hybridized carbons (Fsp3) is 0.276. The number of rotatable bonds is 8. The van der Waals surface area contributed by atoms with Crippen molar-refractivity contribution in [1.82, 2.24) is 14.9 Å². The normalized spacial score (nSPS) is 15.9. The first-order chi connectivity index (χ1) is 18.6. The van der Waals surface area contributed by atoms with Crippen molar-refractivity contribution in [2.45, 2.75) is 6.42 Å². The zero-order chi connectivity index (χ0) is 26.3. The number of aromatic nitrogens is 2.